The molecule has 6 nitrogen and oxygen atoms in total. The smallest absolute Gasteiger partial charge is 0.230 e. The van der Waals surface area contributed by atoms with Crippen molar-refractivity contribution in [3.05, 3.63) is 82.9 Å². The van der Waals surface area contributed by atoms with Crippen LogP contribution < -0.4 is 4.90 Å². The van der Waals surface area contributed by atoms with Gasteiger partial charge in [-0.2, -0.15) is 0 Å². The molecule has 0 aliphatic heterocycles. The number of para-hydroxylation sites is 1. The lowest BCUT2D eigenvalue weighted by Crippen LogP contribution is -2.23. The van der Waals surface area contributed by atoms with Crippen LogP contribution in [0.4, 0.5) is 15.2 Å². The monoisotopic (exact) mass is 467 g/mol. The number of amides is 1. The summed E-state index contributed by atoms with van der Waals surface area (Å²) in [5.41, 5.74) is 2.19. The zero-order valence-corrected chi connectivity index (χ0v) is 19.4. The molecule has 2 heterocycles. The van der Waals surface area contributed by atoms with Gasteiger partial charge in [0.2, 0.25) is 5.91 Å². The predicted molar refractivity (Wildman–Crippen MR) is 126 cm³/mol. The highest BCUT2D eigenvalue weighted by molar-refractivity contribution is 7.98. The average Bonchev–Trinajstić information content (AvgIpc) is 3.41. The molecule has 164 valence electrons. The van der Waals surface area contributed by atoms with Crippen LogP contribution in [0.15, 0.2) is 65.1 Å². The lowest BCUT2D eigenvalue weighted by molar-refractivity contribution is -0.115. The fraction of sp³-hybridized carbons (Fsp3) is 0.217. The lowest BCUT2D eigenvalue weighted by atomic mass is 10.1. The fourth-order valence-electron chi connectivity index (χ4n) is 3.30. The van der Waals surface area contributed by atoms with Crippen LogP contribution in [0.2, 0.25) is 0 Å². The SMILES string of the molecule is CCn1c(Cc2ccccc2)nnc1SCc1csc(N(C(C)=O)c2ccccc2F)n1. The highest BCUT2D eigenvalue weighted by Crippen LogP contribution is 2.32. The van der Waals surface area contributed by atoms with Gasteiger partial charge in [0, 0.05) is 31.0 Å². The third-order valence-electron chi connectivity index (χ3n) is 4.80. The molecule has 32 heavy (non-hydrogen) atoms. The zero-order chi connectivity index (χ0) is 22.5. The van der Waals surface area contributed by atoms with E-state index in [0.29, 0.717) is 10.9 Å². The molecule has 2 aromatic carbocycles. The van der Waals surface area contributed by atoms with E-state index in [1.807, 2.05) is 23.6 Å². The number of benzene rings is 2. The highest BCUT2D eigenvalue weighted by Gasteiger charge is 2.21. The van der Waals surface area contributed by atoms with Crippen molar-refractivity contribution in [3.8, 4) is 0 Å². The first-order valence-electron chi connectivity index (χ1n) is 10.1. The summed E-state index contributed by atoms with van der Waals surface area (Å²) in [4.78, 5) is 18.1. The summed E-state index contributed by atoms with van der Waals surface area (Å²) in [5.74, 6) is 0.737. The minimum atomic E-state index is -0.462. The van der Waals surface area contributed by atoms with Gasteiger partial charge < -0.3 is 4.57 Å². The summed E-state index contributed by atoms with van der Waals surface area (Å²) in [5, 5.41) is 11.9. The Morgan fingerprint density at radius 3 is 2.59 bits per heavy atom. The fourth-order valence-corrected chi connectivity index (χ4v) is 5.20. The molecule has 0 unspecified atom stereocenters. The number of anilines is 2. The number of halogens is 1. The molecule has 4 rings (SSSR count). The topological polar surface area (TPSA) is 63.9 Å². The van der Waals surface area contributed by atoms with E-state index < -0.39 is 5.82 Å². The second kappa shape index (κ2) is 10.1. The third kappa shape index (κ3) is 4.89. The number of aromatic nitrogens is 4. The molecular formula is C23H22FN5OS2. The van der Waals surface area contributed by atoms with Gasteiger partial charge in [-0.3, -0.25) is 9.69 Å². The molecule has 2 aromatic heterocycles. The maximum absolute atomic E-state index is 14.3. The molecule has 0 aliphatic rings. The minimum absolute atomic E-state index is 0.199. The third-order valence-corrected chi connectivity index (χ3v) is 6.68. The van der Waals surface area contributed by atoms with Gasteiger partial charge in [-0.25, -0.2) is 9.37 Å². The largest absolute Gasteiger partial charge is 0.306 e. The van der Waals surface area contributed by atoms with Crippen molar-refractivity contribution in [2.24, 2.45) is 0 Å². The first-order valence-corrected chi connectivity index (χ1v) is 12.0. The van der Waals surface area contributed by atoms with E-state index in [2.05, 4.69) is 38.8 Å². The van der Waals surface area contributed by atoms with Gasteiger partial charge in [-0.1, -0.05) is 54.2 Å². The summed E-state index contributed by atoms with van der Waals surface area (Å²) in [6.07, 6.45) is 0.722. The number of rotatable bonds is 8. The van der Waals surface area contributed by atoms with Crippen LogP contribution in [0, 0.1) is 5.82 Å². The van der Waals surface area contributed by atoms with Crippen molar-refractivity contribution in [3.63, 3.8) is 0 Å². The maximum Gasteiger partial charge on any atom is 0.230 e. The van der Waals surface area contributed by atoms with E-state index in [-0.39, 0.29) is 11.6 Å². The molecular weight excluding hydrogens is 445 g/mol. The Balaban J connectivity index is 1.49. The van der Waals surface area contributed by atoms with Gasteiger partial charge in [-0.15, -0.1) is 21.5 Å². The van der Waals surface area contributed by atoms with E-state index in [9.17, 15) is 9.18 Å². The Morgan fingerprint density at radius 1 is 1.12 bits per heavy atom. The van der Waals surface area contributed by atoms with E-state index in [1.165, 1.54) is 34.8 Å². The van der Waals surface area contributed by atoms with Crippen molar-refractivity contribution in [2.45, 2.75) is 37.7 Å². The Hall–Kier alpha value is -3.04. The van der Waals surface area contributed by atoms with Crippen LogP contribution in [0.25, 0.3) is 0 Å². The zero-order valence-electron chi connectivity index (χ0n) is 17.7. The molecule has 0 spiro atoms. The van der Waals surface area contributed by atoms with Crippen LogP contribution in [-0.2, 0) is 23.5 Å². The van der Waals surface area contributed by atoms with Crippen molar-refractivity contribution >= 4 is 39.8 Å². The van der Waals surface area contributed by atoms with Crippen molar-refractivity contribution in [1.29, 1.82) is 0 Å². The molecule has 0 saturated heterocycles. The van der Waals surface area contributed by atoms with Crippen molar-refractivity contribution in [1.82, 2.24) is 19.7 Å². The van der Waals surface area contributed by atoms with Gasteiger partial charge in [0.25, 0.3) is 0 Å². The van der Waals surface area contributed by atoms with Crippen molar-refractivity contribution in [2.75, 3.05) is 4.90 Å². The number of hydrogen-bond donors (Lipinski definition) is 0. The standard InChI is InChI=1S/C23H22FN5OS2/c1-3-28-21(13-17-9-5-4-6-10-17)26-27-23(28)32-15-18-14-31-22(25-18)29(16(2)30)20-12-8-7-11-19(20)24/h4-12,14H,3,13,15H2,1-2H3. The van der Waals surface area contributed by atoms with Gasteiger partial charge >= 0.3 is 0 Å². The number of hydrogen-bond acceptors (Lipinski definition) is 6. The van der Waals surface area contributed by atoms with Crippen LogP contribution in [0.3, 0.4) is 0 Å². The van der Waals surface area contributed by atoms with E-state index in [1.54, 1.807) is 30.0 Å². The summed E-state index contributed by atoms with van der Waals surface area (Å²) < 4.78 is 16.4. The Morgan fingerprint density at radius 2 is 1.88 bits per heavy atom. The molecule has 0 aliphatic carbocycles. The van der Waals surface area contributed by atoms with Crippen LogP contribution in [0.5, 0.6) is 0 Å². The molecule has 0 fully saturated rings. The van der Waals surface area contributed by atoms with E-state index in [4.69, 9.17) is 0 Å². The summed E-state index contributed by atoms with van der Waals surface area (Å²) >= 11 is 2.86. The van der Waals surface area contributed by atoms with E-state index in [0.717, 1.165) is 29.6 Å². The van der Waals surface area contributed by atoms with Gasteiger partial charge in [0.1, 0.15) is 11.6 Å². The van der Waals surface area contributed by atoms with Crippen LogP contribution in [-0.4, -0.2) is 25.7 Å². The molecule has 9 heteroatoms. The summed E-state index contributed by atoms with van der Waals surface area (Å²) in [6, 6.07) is 16.4. The highest BCUT2D eigenvalue weighted by atomic mass is 32.2. The van der Waals surface area contributed by atoms with Gasteiger partial charge in [0.05, 0.1) is 11.4 Å². The number of carbonyl (C=O) groups is 1. The first kappa shape index (κ1) is 22.2. The van der Waals surface area contributed by atoms with Gasteiger partial charge in [-0.05, 0) is 24.6 Å². The second-order valence-electron chi connectivity index (χ2n) is 7.02. The molecule has 4 aromatic rings. The summed E-state index contributed by atoms with van der Waals surface area (Å²) in [6.45, 7) is 4.24. The number of nitrogens with zero attached hydrogens (tertiary/aromatic N) is 5. The minimum Gasteiger partial charge on any atom is -0.306 e. The molecule has 1 amide bonds. The predicted octanol–water partition coefficient (Wildman–Crippen LogP) is 5.46. The number of thioether (sulfide) groups is 1. The maximum atomic E-state index is 14.3. The first-order chi connectivity index (χ1) is 15.6. The van der Waals surface area contributed by atoms with Gasteiger partial charge in [0.15, 0.2) is 10.3 Å². The Bertz CT molecular complexity index is 1210. The second-order valence-corrected chi connectivity index (χ2v) is 8.80. The molecule has 0 bridgehead atoms. The quantitative estimate of drug-likeness (QED) is 0.322. The van der Waals surface area contributed by atoms with Crippen LogP contribution >= 0.6 is 23.1 Å². The Kier molecular flexibility index (Phi) is 6.96. The molecule has 0 radical (unpaired) electrons. The lowest BCUT2D eigenvalue weighted by Gasteiger charge is -2.18. The summed E-state index contributed by atoms with van der Waals surface area (Å²) in [7, 11) is 0. The molecule has 0 saturated carbocycles. The normalized spacial score (nSPS) is 11.0. The molecule has 0 N–H and O–H groups in total. The number of thiazole rings is 1. The van der Waals surface area contributed by atoms with E-state index >= 15 is 0 Å². The van der Waals surface area contributed by atoms with Crippen molar-refractivity contribution < 1.29 is 9.18 Å². The molecule has 0 atom stereocenters. The Labute approximate surface area is 194 Å². The van der Waals surface area contributed by atoms with Crippen LogP contribution in [0.1, 0.15) is 30.9 Å². The number of carbonyl (C=O) groups excluding carboxylic acids is 1. The average molecular weight is 468 g/mol.